The number of hydrogen-bond donors (Lipinski definition) is 1. The number of anilines is 1. The number of nitrogens with zero attached hydrogens (tertiary/aromatic N) is 1. The van der Waals surface area contributed by atoms with Crippen molar-refractivity contribution in [2.24, 2.45) is 0 Å². The van der Waals surface area contributed by atoms with Crippen LogP contribution in [0.3, 0.4) is 0 Å². The molecule has 1 amide bonds. The van der Waals surface area contributed by atoms with E-state index in [2.05, 4.69) is 10.1 Å². The molecule has 0 aliphatic carbocycles. The number of benzene rings is 2. The van der Waals surface area contributed by atoms with E-state index in [0.29, 0.717) is 10.6 Å². The van der Waals surface area contributed by atoms with Crippen LogP contribution in [0.15, 0.2) is 84.5 Å². The van der Waals surface area contributed by atoms with Crippen LogP contribution in [0.5, 0.6) is 5.75 Å². The highest BCUT2D eigenvalue weighted by molar-refractivity contribution is 7.13. The highest BCUT2D eigenvalue weighted by Crippen LogP contribution is 2.35. The average Bonchev–Trinajstić information content (AvgIpc) is 3.38. The van der Waals surface area contributed by atoms with Gasteiger partial charge < -0.3 is 14.6 Å². The van der Waals surface area contributed by atoms with E-state index in [9.17, 15) is 18.0 Å². The van der Waals surface area contributed by atoms with Crippen molar-refractivity contribution in [1.29, 1.82) is 0 Å². The van der Waals surface area contributed by atoms with Gasteiger partial charge in [0.25, 0.3) is 5.91 Å². The second-order valence-corrected chi connectivity index (χ2v) is 7.19. The maximum atomic E-state index is 13.0. The van der Waals surface area contributed by atoms with Gasteiger partial charge in [-0.1, -0.05) is 30.3 Å². The molecule has 0 aliphatic rings. The molecule has 0 radical (unpaired) electrons. The van der Waals surface area contributed by atoms with Crippen LogP contribution in [0.4, 0.5) is 18.9 Å². The second kappa shape index (κ2) is 8.08. The Balaban J connectivity index is 1.63. The normalized spacial score (nSPS) is 11.3. The number of nitrogens with one attached hydrogen (secondary N) is 1. The molecule has 4 nitrogen and oxygen atoms in total. The molecular formula is C22H15F3N2O2S. The van der Waals surface area contributed by atoms with Crippen molar-refractivity contribution in [2.45, 2.75) is 6.36 Å². The van der Waals surface area contributed by atoms with Crippen molar-refractivity contribution < 1.29 is 22.7 Å². The Kier molecular flexibility index (Phi) is 5.33. The zero-order chi connectivity index (χ0) is 21.1. The largest absolute Gasteiger partial charge is 0.573 e. The molecule has 0 spiro atoms. The van der Waals surface area contributed by atoms with E-state index in [1.165, 1.54) is 23.5 Å². The summed E-state index contributed by atoms with van der Waals surface area (Å²) >= 11 is 1.30. The summed E-state index contributed by atoms with van der Waals surface area (Å²) in [5.74, 6) is -0.702. The highest BCUT2D eigenvalue weighted by Gasteiger charge is 2.31. The fourth-order valence-electron chi connectivity index (χ4n) is 3.00. The highest BCUT2D eigenvalue weighted by atomic mass is 32.1. The molecule has 30 heavy (non-hydrogen) atoms. The molecule has 4 rings (SSSR count). The number of halogens is 3. The molecular weight excluding hydrogens is 413 g/mol. The van der Waals surface area contributed by atoms with Gasteiger partial charge in [0, 0.05) is 29.0 Å². The molecule has 0 saturated heterocycles. The molecule has 0 fully saturated rings. The first-order valence-corrected chi connectivity index (χ1v) is 9.76. The van der Waals surface area contributed by atoms with Crippen molar-refractivity contribution in [2.75, 3.05) is 5.32 Å². The van der Waals surface area contributed by atoms with E-state index < -0.39 is 6.36 Å². The Labute approximate surface area is 174 Å². The summed E-state index contributed by atoms with van der Waals surface area (Å²) in [5, 5.41) is 4.65. The van der Waals surface area contributed by atoms with Gasteiger partial charge in [0.05, 0.1) is 5.69 Å². The molecule has 2 aromatic carbocycles. The molecule has 0 atom stereocenters. The van der Waals surface area contributed by atoms with Gasteiger partial charge in [0.15, 0.2) is 0 Å². The van der Waals surface area contributed by atoms with Crippen molar-refractivity contribution in [3.8, 4) is 22.6 Å². The van der Waals surface area contributed by atoms with E-state index in [4.69, 9.17) is 0 Å². The number of carbonyl (C=O) groups is 1. The Hall–Kier alpha value is -3.52. The third-order valence-electron chi connectivity index (χ3n) is 4.26. The lowest BCUT2D eigenvalue weighted by molar-refractivity contribution is -0.274. The Morgan fingerprint density at radius 3 is 2.23 bits per heavy atom. The number of hydrogen-bond acceptors (Lipinski definition) is 3. The van der Waals surface area contributed by atoms with E-state index in [1.807, 2.05) is 64.8 Å². The third kappa shape index (κ3) is 4.38. The number of amides is 1. The number of carbonyl (C=O) groups excluding carboxylic acids is 1. The number of ether oxygens (including phenoxy) is 1. The maximum absolute atomic E-state index is 13.0. The lowest BCUT2D eigenvalue weighted by Gasteiger charge is -2.11. The summed E-state index contributed by atoms with van der Waals surface area (Å²) in [4.78, 5) is 13.4. The lowest BCUT2D eigenvalue weighted by atomic mass is 10.1. The topological polar surface area (TPSA) is 43.3 Å². The van der Waals surface area contributed by atoms with Gasteiger partial charge in [-0.25, -0.2) is 0 Å². The first-order valence-electron chi connectivity index (χ1n) is 8.88. The zero-order valence-electron chi connectivity index (χ0n) is 15.4. The van der Waals surface area contributed by atoms with E-state index in [1.54, 1.807) is 0 Å². The number of aromatic nitrogens is 1. The van der Waals surface area contributed by atoms with Crippen molar-refractivity contribution in [3.05, 3.63) is 89.4 Å². The summed E-state index contributed by atoms with van der Waals surface area (Å²) in [6.45, 7) is 0. The fraction of sp³-hybridized carbons (Fsp3) is 0.0455. The predicted octanol–water partition coefficient (Wildman–Crippen LogP) is 6.36. The summed E-state index contributed by atoms with van der Waals surface area (Å²) in [6, 6.07) is 18.5. The monoisotopic (exact) mass is 428 g/mol. The number of thiophene rings is 1. The van der Waals surface area contributed by atoms with Crippen molar-refractivity contribution in [1.82, 2.24) is 4.57 Å². The van der Waals surface area contributed by atoms with Gasteiger partial charge in [-0.15, -0.1) is 24.5 Å². The van der Waals surface area contributed by atoms with Crippen LogP contribution in [0.1, 0.15) is 9.67 Å². The van der Waals surface area contributed by atoms with E-state index in [-0.39, 0.29) is 11.7 Å². The Bertz CT molecular complexity index is 1140. The van der Waals surface area contributed by atoms with Gasteiger partial charge in [-0.2, -0.15) is 0 Å². The van der Waals surface area contributed by atoms with E-state index >= 15 is 0 Å². The van der Waals surface area contributed by atoms with Crippen molar-refractivity contribution >= 4 is 22.9 Å². The molecule has 8 heteroatoms. The molecule has 2 heterocycles. The lowest BCUT2D eigenvalue weighted by Crippen LogP contribution is -2.17. The smallest absolute Gasteiger partial charge is 0.406 e. The molecule has 1 N–H and O–H groups in total. The maximum Gasteiger partial charge on any atom is 0.573 e. The Morgan fingerprint density at radius 1 is 0.933 bits per heavy atom. The Morgan fingerprint density at radius 2 is 1.60 bits per heavy atom. The standard InChI is InChI=1S/C22H15F3N2O2S/c23-22(24,25)29-17-10-8-16(9-11-17)26-21(28)20-19(27-12-4-5-13-27)18(14-30-20)15-6-2-1-3-7-15/h1-14H,(H,26,28). The first kappa shape index (κ1) is 19.8. The van der Waals surface area contributed by atoms with Crippen LogP contribution < -0.4 is 10.1 Å². The molecule has 0 aliphatic heterocycles. The van der Waals surface area contributed by atoms with Gasteiger partial charge in [0.1, 0.15) is 10.6 Å². The van der Waals surface area contributed by atoms with Crippen LogP contribution in [-0.4, -0.2) is 16.8 Å². The van der Waals surface area contributed by atoms with Crippen LogP contribution >= 0.6 is 11.3 Å². The second-order valence-electron chi connectivity index (χ2n) is 6.31. The van der Waals surface area contributed by atoms with Gasteiger partial charge >= 0.3 is 6.36 Å². The fourth-order valence-corrected chi connectivity index (χ4v) is 3.97. The molecule has 152 valence electrons. The summed E-state index contributed by atoms with van der Waals surface area (Å²) in [6.07, 6.45) is -1.05. The molecule has 2 aromatic heterocycles. The summed E-state index contributed by atoms with van der Waals surface area (Å²) in [5.41, 5.74) is 2.99. The van der Waals surface area contributed by atoms with Crippen LogP contribution in [-0.2, 0) is 0 Å². The molecule has 0 unspecified atom stereocenters. The van der Waals surface area contributed by atoms with Crippen LogP contribution in [0.2, 0.25) is 0 Å². The average molecular weight is 428 g/mol. The predicted molar refractivity (Wildman–Crippen MR) is 110 cm³/mol. The quantitative estimate of drug-likeness (QED) is 0.402. The molecule has 0 saturated carbocycles. The number of alkyl halides is 3. The van der Waals surface area contributed by atoms with Gasteiger partial charge in [-0.05, 0) is 42.0 Å². The summed E-state index contributed by atoms with van der Waals surface area (Å²) in [7, 11) is 0. The van der Waals surface area contributed by atoms with Crippen LogP contribution in [0.25, 0.3) is 16.8 Å². The van der Waals surface area contributed by atoms with Crippen molar-refractivity contribution in [3.63, 3.8) is 0 Å². The molecule has 0 bridgehead atoms. The van der Waals surface area contributed by atoms with Gasteiger partial charge in [0.2, 0.25) is 0 Å². The van der Waals surface area contributed by atoms with E-state index in [0.717, 1.165) is 28.9 Å². The SMILES string of the molecule is O=C(Nc1ccc(OC(F)(F)F)cc1)c1scc(-c2ccccc2)c1-n1cccc1. The van der Waals surface area contributed by atoms with Gasteiger partial charge in [-0.3, -0.25) is 4.79 Å². The number of rotatable bonds is 5. The van der Waals surface area contributed by atoms with Crippen LogP contribution in [0, 0.1) is 0 Å². The minimum Gasteiger partial charge on any atom is -0.406 e. The molecule has 4 aromatic rings. The minimum absolute atomic E-state index is 0.351. The zero-order valence-corrected chi connectivity index (χ0v) is 16.2. The third-order valence-corrected chi connectivity index (χ3v) is 5.23. The first-order chi connectivity index (χ1) is 14.4. The minimum atomic E-state index is -4.76. The summed E-state index contributed by atoms with van der Waals surface area (Å²) < 4.78 is 42.6.